The second kappa shape index (κ2) is 6.05. The van der Waals surface area contributed by atoms with Gasteiger partial charge in [0.25, 0.3) is 5.91 Å². The van der Waals surface area contributed by atoms with Gasteiger partial charge in [0.1, 0.15) is 6.10 Å². The van der Waals surface area contributed by atoms with E-state index < -0.39 is 15.9 Å². The Balaban J connectivity index is 1.82. The monoisotopic (exact) mass is 337 g/mol. The van der Waals surface area contributed by atoms with Gasteiger partial charge in [-0.3, -0.25) is 9.59 Å². The fraction of sp³-hybridized carbons (Fsp3) is 0.500. The van der Waals surface area contributed by atoms with E-state index in [0.717, 1.165) is 19.1 Å². The van der Waals surface area contributed by atoms with Gasteiger partial charge in [0, 0.05) is 18.7 Å². The highest BCUT2D eigenvalue weighted by molar-refractivity contribution is 7.90. The maximum Gasteiger partial charge on any atom is 0.255 e. The molecule has 23 heavy (non-hydrogen) atoms. The number of ether oxygens (including phenoxy) is 1. The number of nitrogens with zero attached hydrogens (tertiary/aromatic N) is 1. The fourth-order valence-electron chi connectivity index (χ4n) is 2.77. The molecule has 2 aliphatic rings. The number of Topliss-reactive ketones (excluding diaryl/α,β-unsaturated/α-hetero) is 1. The minimum Gasteiger partial charge on any atom is -0.367 e. The Kier molecular flexibility index (Phi) is 4.25. The zero-order valence-corrected chi connectivity index (χ0v) is 13.7. The van der Waals surface area contributed by atoms with Crippen molar-refractivity contribution in [3.63, 3.8) is 0 Å². The third-order valence-electron chi connectivity index (χ3n) is 4.17. The van der Waals surface area contributed by atoms with Crippen molar-refractivity contribution in [2.24, 2.45) is 5.92 Å². The van der Waals surface area contributed by atoms with Gasteiger partial charge in [-0.1, -0.05) is 12.1 Å². The van der Waals surface area contributed by atoms with Gasteiger partial charge in [0.2, 0.25) is 0 Å². The van der Waals surface area contributed by atoms with E-state index in [0.29, 0.717) is 6.54 Å². The second-order valence-corrected chi connectivity index (χ2v) is 8.04. The number of benzene rings is 1. The van der Waals surface area contributed by atoms with Crippen LogP contribution in [0.25, 0.3) is 0 Å². The normalized spacial score (nSPS) is 22.0. The molecule has 1 amide bonds. The van der Waals surface area contributed by atoms with Crippen LogP contribution in [0.15, 0.2) is 29.2 Å². The van der Waals surface area contributed by atoms with Crippen molar-refractivity contribution in [1.82, 2.24) is 4.90 Å². The number of sulfone groups is 1. The highest BCUT2D eigenvalue weighted by Crippen LogP contribution is 2.32. The van der Waals surface area contributed by atoms with E-state index in [1.807, 2.05) is 0 Å². The number of hydrogen-bond donors (Lipinski definition) is 0. The lowest BCUT2D eigenvalue weighted by molar-refractivity contribution is -0.136. The summed E-state index contributed by atoms with van der Waals surface area (Å²) in [5.74, 6) is -0.250. The summed E-state index contributed by atoms with van der Waals surface area (Å²) in [6.07, 6.45) is 2.27. The first-order valence-electron chi connectivity index (χ1n) is 7.61. The van der Waals surface area contributed by atoms with Crippen molar-refractivity contribution < 1.29 is 22.7 Å². The molecule has 0 radical (unpaired) electrons. The molecule has 1 saturated heterocycles. The van der Waals surface area contributed by atoms with Gasteiger partial charge in [-0.15, -0.1) is 0 Å². The molecule has 2 fully saturated rings. The highest BCUT2D eigenvalue weighted by atomic mass is 32.2. The number of rotatable bonds is 4. The van der Waals surface area contributed by atoms with Crippen molar-refractivity contribution >= 4 is 21.5 Å². The van der Waals surface area contributed by atoms with Gasteiger partial charge in [0.15, 0.2) is 15.6 Å². The molecule has 1 heterocycles. The van der Waals surface area contributed by atoms with Crippen molar-refractivity contribution in [2.45, 2.75) is 23.8 Å². The lowest BCUT2D eigenvalue weighted by Gasteiger charge is -2.32. The van der Waals surface area contributed by atoms with Crippen LogP contribution in [0, 0.1) is 5.92 Å². The molecule has 0 unspecified atom stereocenters. The maximum absolute atomic E-state index is 12.7. The van der Waals surface area contributed by atoms with Crippen LogP contribution in [0.1, 0.15) is 23.2 Å². The van der Waals surface area contributed by atoms with Crippen LogP contribution >= 0.6 is 0 Å². The summed E-state index contributed by atoms with van der Waals surface area (Å²) >= 11 is 0. The predicted octanol–water partition coefficient (Wildman–Crippen LogP) is 0.910. The minimum atomic E-state index is -3.50. The number of carbonyl (C=O) groups is 2. The van der Waals surface area contributed by atoms with E-state index in [1.54, 1.807) is 12.1 Å². The summed E-state index contributed by atoms with van der Waals surface area (Å²) in [6.45, 7) is 0.827. The topological polar surface area (TPSA) is 80.8 Å². The zero-order chi connectivity index (χ0) is 16.6. The summed E-state index contributed by atoms with van der Waals surface area (Å²) in [5.41, 5.74) is 0.148. The van der Waals surface area contributed by atoms with E-state index in [2.05, 4.69) is 0 Å². The predicted molar refractivity (Wildman–Crippen MR) is 82.9 cm³/mol. The SMILES string of the molecule is CS(=O)(=O)c1ccccc1C(=O)N1CCO[C@@H](C(=O)C2CC2)C1. The molecular weight excluding hydrogens is 318 g/mol. The van der Waals surface area contributed by atoms with Crippen LogP contribution in [-0.2, 0) is 19.4 Å². The van der Waals surface area contributed by atoms with Crippen molar-refractivity contribution in [3.8, 4) is 0 Å². The number of morpholine rings is 1. The summed E-state index contributed by atoms with van der Waals surface area (Å²) in [5, 5.41) is 0. The Morgan fingerprint density at radius 2 is 1.91 bits per heavy atom. The summed E-state index contributed by atoms with van der Waals surface area (Å²) in [4.78, 5) is 26.4. The lowest BCUT2D eigenvalue weighted by atomic mass is 10.1. The Bertz CT molecular complexity index is 739. The largest absolute Gasteiger partial charge is 0.367 e. The first kappa shape index (κ1) is 16.1. The standard InChI is InChI=1S/C16H19NO5S/c1-23(20,21)14-5-3-2-4-12(14)16(19)17-8-9-22-13(10-17)15(18)11-6-7-11/h2-5,11,13H,6-10H2,1H3/t13-/m1/s1. The molecule has 1 aliphatic heterocycles. The summed E-state index contributed by atoms with van der Waals surface area (Å²) in [7, 11) is -3.50. The third kappa shape index (κ3) is 3.45. The van der Waals surface area contributed by atoms with Gasteiger partial charge in [-0.25, -0.2) is 8.42 Å². The molecule has 1 atom stereocenters. The number of carbonyl (C=O) groups excluding carboxylic acids is 2. The minimum absolute atomic E-state index is 0.0153. The molecule has 3 rings (SSSR count). The molecule has 124 valence electrons. The van der Waals surface area contributed by atoms with Gasteiger partial charge in [0.05, 0.1) is 23.6 Å². The second-order valence-electron chi connectivity index (χ2n) is 6.06. The average molecular weight is 337 g/mol. The first-order chi connectivity index (χ1) is 10.9. The molecule has 0 aromatic heterocycles. The van der Waals surface area contributed by atoms with Crippen LogP contribution in [0.5, 0.6) is 0 Å². The molecule has 1 aromatic rings. The smallest absolute Gasteiger partial charge is 0.255 e. The van der Waals surface area contributed by atoms with Crippen LogP contribution in [0.2, 0.25) is 0 Å². The molecule has 0 spiro atoms. The molecule has 6 nitrogen and oxygen atoms in total. The Hall–Kier alpha value is -1.73. The zero-order valence-electron chi connectivity index (χ0n) is 12.9. The van der Waals surface area contributed by atoms with Crippen molar-refractivity contribution in [2.75, 3.05) is 26.0 Å². The lowest BCUT2D eigenvalue weighted by Crippen LogP contribution is -2.49. The van der Waals surface area contributed by atoms with E-state index in [-0.39, 0.29) is 41.2 Å². The van der Waals surface area contributed by atoms with Gasteiger partial charge < -0.3 is 9.64 Å². The summed E-state index contributed by atoms with van der Waals surface area (Å²) < 4.78 is 29.2. The van der Waals surface area contributed by atoms with Crippen LogP contribution < -0.4 is 0 Å². The average Bonchev–Trinajstić information content (AvgIpc) is 3.37. The quantitative estimate of drug-likeness (QED) is 0.816. The molecule has 0 bridgehead atoms. The third-order valence-corrected chi connectivity index (χ3v) is 5.32. The molecule has 1 aliphatic carbocycles. The van der Waals surface area contributed by atoms with Crippen molar-refractivity contribution in [1.29, 1.82) is 0 Å². The molecule has 1 saturated carbocycles. The Morgan fingerprint density at radius 1 is 1.22 bits per heavy atom. The maximum atomic E-state index is 12.7. The summed E-state index contributed by atoms with van der Waals surface area (Å²) in [6, 6.07) is 6.16. The van der Waals surface area contributed by atoms with E-state index >= 15 is 0 Å². The molecular formula is C16H19NO5S. The van der Waals surface area contributed by atoms with E-state index in [1.165, 1.54) is 17.0 Å². The van der Waals surface area contributed by atoms with Gasteiger partial charge in [-0.2, -0.15) is 0 Å². The van der Waals surface area contributed by atoms with Crippen molar-refractivity contribution in [3.05, 3.63) is 29.8 Å². The number of amides is 1. The van der Waals surface area contributed by atoms with Crippen LogP contribution in [0.4, 0.5) is 0 Å². The highest BCUT2D eigenvalue weighted by Gasteiger charge is 2.38. The van der Waals surface area contributed by atoms with E-state index in [9.17, 15) is 18.0 Å². The Labute approximate surface area is 135 Å². The molecule has 0 N–H and O–H groups in total. The molecule has 1 aromatic carbocycles. The first-order valence-corrected chi connectivity index (χ1v) is 9.51. The Morgan fingerprint density at radius 3 is 2.57 bits per heavy atom. The van der Waals surface area contributed by atoms with E-state index in [4.69, 9.17) is 4.74 Å². The van der Waals surface area contributed by atoms with Crippen LogP contribution in [-0.4, -0.2) is 57.1 Å². The molecule has 7 heteroatoms. The van der Waals surface area contributed by atoms with Crippen LogP contribution in [0.3, 0.4) is 0 Å². The number of ketones is 1. The van der Waals surface area contributed by atoms with Gasteiger partial charge in [-0.05, 0) is 25.0 Å². The fourth-order valence-corrected chi connectivity index (χ4v) is 3.65. The van der Waals surface area contributed by atoms with Gasteiger partial charge >= 0.3 is 0 Å². The number of hydrogen-bond acceptors (Lipinski definition) is 5.